The van der Waals surface area contributed by atoms with Crippen LogP contribution in [0.3, 0.4) is 0 Å². The Morgan fingerprint density at radius 2 is 2.22 bits per heavy atom. The lowest BCUT2D eigenvalue weighted by molar-refractivity contribution is -0.116. The molecule has 3 rings (SSSR count). The Morgan fingerprint density at radius 3 is 2.96 bits per heavy atom. The van der Waals surface area contributed by atoms with E-state index < -0.39 is 5.63 Å². The smallest absolute Gasteiger partial charge is 0.336 e. The fraction of sp³-hybridized carbons (Fsp3) is 0.235. The van der Waals surface area contributed by atoms with Crippen LogP contribution in [-0.2, 0) is 4.79 Å². The van der Waals surface area contributed by atoms with Crippen molar-refractivity contribution in [3.63, 3.8) is 0 Å². The molecule has 0 bridgehead atoms. The highest BCUT2D eigenvalue weighted by Gasteiger charge is 2.12. The van der Waals surface area contributed by atoms with E-state index in [1.807, 2.05) is 32.2 Å². The summed E-state index contributed by atoms with van der Waals surface area (Å²) in [7, 11) is 0. The van der Waals surface area contributed by atoms with Crippen molar-refractivity contribution in [1.29, 1.82) is 0 Å². The molecule has 0 saturated carbocycles. The number of nitrogens with one attached hydrogen (secondary N) is 1. The van der Waals surface area contributed by atoms with Gasteiger partial charge in [0.15, 0.2) is 0 Å². The van der Waals surface area contributed by atoms with Gasteiger partial charge in [-0.25, -0.2) is 4.79 Å². The van der Waals surface area contributed by atoms with Gasteiger partial charge in [0.25, 0.3) is 0 Å². The summed E-state index contributed by atoms with van der Waals surface area (Å²) < 4.78 is 6.92. The molecule has 1 atom stereocenters. The van der Waals surface area contributed by atoms with Gasteiger partial charge in [-0.2, -0.15) is 5.10 Å². The van der Waals surface area contributed by atoms with Gasteiger partial charge in [-0.3, -0.25) is 9.48 Å². The lowest BCUT2D eigenvalue weighted by atomic mass is 10.1. The van der Waals surface area contributed by atoms with Crippen molar-refractivity contribution >= 4 is 22.6 Å². The van der Waals surface area contributed by atoms with Crippen molar-refractivity contribution in [1.82, 2.24) is 9.78 Å². The van der Waals surface area contributed by atoms with Crippen molar-refractivity contribution < 1.29 is 9.21 Å². The molecule has 0 fully saturated rings. The van der Waals surface area contributed by atoms with E-state index in [0.29, 0.717) is 17.7 Å². The summed E-state index contributed by atoms with van der Waals surface area (Å²) >= 11 is 0. The van der Waals surface area contributed by atoms with E-state index in [4.69, 9.17) is 4.42 Å². The SMILES string of the molecule is Cc1cc(=O)oc2cc(NC(=O)CC(C)n3cccn3)ccc12. The Hall–Kier alpha value is -2.89. The standard InChI is InChI=1S/C17H17N3O3/c1-11-8-17(22)23-15-10-13(4-5-14(11)15)19-16(21)9-12(2)20-7-3-6-18-20/h3-8,10,12H,9H2,1-2H3,(H,19,21). The van der Waals surface area contributed by atoms with Crippen LogP contribution in [0.25, 0.3) is 11.0 Å². The van der Waals surface area contributed by atoms with Crippen molar-refractivity contribution in [2.24, 2.45) is 0 Å². The third-order valence-corrected chi connectivity index (χ3v) is 3.69. The molecule has 1 aromatic carbocycles. The Morgan fingerprint density at radius 1 is 1.39 bits per heavy atom. The fourth-order valence-electron chi connectivity index (χ4n) is 2.52. The largest absolute Gasteiger partial charge is 0.423 e. The number of aromatic nitrogens is 2. The summed E-state index contributed by atoms with van der Waals surface area (Å²) in [5, 5.41) is 7.80. The Labute approximate surface area is 132 Å². The van der Waals surface area contributed by atoms with Crippen molar-refractivity contribution in [2.75, 3.05) is 5.32 Å². The molecule has 0 aliphatic rings. The first-order valence-electron chi connectivity index (χ1n) is 7.36. The highest BCUT2D eigenvalue weighted by molar-refractivity contribution is 5.93. The summed E-state index contributed by atoms with van der Waals surface area (Å²) in [6.07, 6.45) is 3.81. The summed E-state index contributed by atoms with van der Waals surface area (Å²) in [6, 6.07) is 8.53. The Balaban J connectivity index is 1.76. The minimum absolute atomic E-state index is 0.0365. The van der Waals surface area contributed by atoms with Crippen LogP contribution >= 0.6 is 0 Å². The Kier molecular flexibility index (Phi) is 3.97. The molecule has 23 heavy (non-hydrogen) atoms. The molecule has 1 unspecified atom stereocenters. The van der Waals surface area contributed by atoms with Crippen molar-refractivity contribution in [3.8, 4) is 0 Å². The van der Waals surface area contributed by atoms with Crippen LogP contribution in [0.4, 0.5) is 5.69 Å². The van der Waals surface area contributed by atoms with Crippen LogP contribution in [0.2, 0.25) is 0 Å². The minimum atomic E-state index is -0.397. The van der Waals surface area contributed by atoms with Crippen molar-refractivity contribution in [3.05, 3.63) is 58.7 Å². The number of carbonyl (C=O) groups excluding carboxylic acids is 1. The van der Waals surface area contributed by atoms with Crippen LogP contribution in [0, 0.1) is 6.92 Å². The molecule has 1 N–H and O–H groups in total. The monoisotopic (exact) mass is 311 g/mol. The molecular weight excluding hydrogens is 294 g/mol. The van der Waals surface area contributed by atoms with Crippen LogP contribution in [-0.4, -0.2) is 15.7 Å². The lowest BCUT2D eigenvalue weighted by Gasteiger charge is -2.12. The van der Waals surface area contributed by atoms with Gasteiger partial charge in [0.05, 0.1) is 6.04 Å². The molecule has 2 aromatic heterocycles. The van der Waals surface area contributed by atoms with E-state index in [2.05, 4.69) is 10.4 Å². The topological polar surface area (TPSA) is 77.1 Å². The maximum absolute atomic E-state index is 12.1. The van der Waals surface area contributed by atoms with E-state index in [1.165, 1.54) is 6.07 Å². The zero-order valence-electron chi connectivity index (χ0n) is 12.9. The van der Waals surface area contributed by atoms with Gasteiger partial charge >= 0.3 is 5.63 Å². The molecule has 118 valence electrons. The average molecular weight is 311 g/mol. The second-order valence-electron chi connectivity index (χ2n) is 5.55. The summed E-state index contributed by atoms with van der Waals surface area (Å²) in [6.45, 7) is 3.78. The summed E-state index contributed by atoms with van der Waals surface area (Å²) in [5.41, 5.74) is 1.52. The molecule has 0 spiro atoms. The van der Waals surface area contributed by atoms with Crippen LogP contribution in [0.15, 0.2) is 51.9 Å². The minimum Gasteiger partial charge on any atom is -0.423 e. The molecule has 2 heterocycles. The third-order valence-electron chi connectivity index (χ3n) is 3.69. The van der Waals surface area contributed by atoms with E-state index in [0.717, 1.165) is 10.9 Å². The number of carbonyl (C=O) groups is 1. The number of benzene rings is 1. The molecule has 1 amide bonds. The number of fused-ring (bicyclic) bond motifs is 1. The predicted octanol–water partition coefficient (Wildman–Crippen LogP) is 2.89. The fourth-order valence-corrected chi connectivity index (χ4v) is 2.52. The normalized spacial score (nSPS) is 12.3. The van der Waals surface area contributed by atoms with E-state index in [9.17, 15) is 9.59 Å². The predicted molar refractivity (Wildman–Crippen MR) is 87.4 cm³/mol. The van der Waals surface area contributed by atoms with Gasteiger partial charge < -0.3 is 9.73 Å². The van der Waals surface area contributed by atoms with Crippen LogP contribution in [0.5, 0.6) is 0 Å². The summed E-state index contributed by atoms with van der Waals surface area (Å²) in [5.74, 6) is -0.123. The molecule has 0 aliphatic carbocycles. The highest BCUT2D eigenvalue weighted by atomic mass is 16.4. The van der Waals surface area contributed by atoms with Gasteiger partial charge in [0.1, 0.15) is 5.58 Å². The Bertz CT molecular complexity index is 897. The van der Waals surface area contributed by atoms with E-state index in [1.54, 1.807) is 23.0 Å². The van der Waals surface area contributed by atoms with Gasteiger partial charge in [0, 0.05) is 42.0 Å². The third kappa shape index (κ3) is 3.31. The molecule has 0 aliphatic heterocycles. The van der Waals surface area contributed by atoms with Gasteiger partial charge in [-0.15, -0.1) is 0 Å². The molecule has 6 nitrogen and oxygen atoms in total. The number of amides is 1. The zero-order chi connectivity index (χ0) is 16.4. The zero-order valence-corrected chi connectivity index (χ0v) is 12.9. The number of rotatable bonds is 4. The quantitative estimate of drug-likeness (QED) is 0.752. The van der Waals surface area contributed by atoms with Gasteiger partial charge in [-0.05, 0) is 37.6 Å². The average Bonchev–Trinajstić information content (AvgIpc) is 3.00. The van der Waals surface area contributed by atoms with E-state index >= 15 is 0 Å². The van der Waals surface area contributed by atoms with Gasteiger partial charge in [0.2, 0.25) is 5.91 Å². The van der Waals surface area contributed by atoms with Crippen LogP contribution < -0.4 is 10.9 Å². The summed E-state index contributed by atoms with van der Waals surface area (Å²) in [4.78, 5) is 23.6. The maximum Gasteiger partial charge on any atom is 0.336 e. The second-order valence-corrected chi connectivity index (χ2v) is 5.55. The van der Waals surface area contributed by atoms with Crippen molar-refractivity contribution in [2.45, 2.75) is 26.3 Å². The lowest BCUT2D eigenvalue weighted by Crippen LogP contribution is -2.17. The van der Waals surface area contributed by atoms with Crippen LogP contribution in [0.1, 0.15) is 24.9 Å². The first-order chi connectivity index (χ1) is 11.0. The number of hydrogen-bond donors (Lipinski definition) is 1. The number of aryl methyl sites for hydroxylation is 1. The number of anilines is 1. The second kappa shape index (κ2) is 6.08. The molecule has 0 radical (unpaired) electrons. The molecular formula is C17H17N3O3. The van der Waals surface area contributed by atoms with E-state index in [-0.39, 0.29) is 11.9 Å². The first kappa shape index (κ1) is 15.0. The highest BCUT2D eigenvalue weighted by Crippen LogP contribution is 2.21. The maximum atomic E-state index is 12.1. The molecule has 0 saturated heterocycles. The van der Waals surface area contributed by atoms with Gasteiger partial charge in [-0.1, -0.05) is 0 Å². The number of hydrogen-bond acceptors (Lipinski definition) is 4. The molecule has 6 heteroatoms. The first-order valence-corrected chi connectivity index (χ1v) is 7.36. The number of nitrogens with zero attached hydrogens (tertiary/aromatic N) is 2. The molecule has 3 aromatic rings.